The number of carboxylic acid groups (broad SMARTS) is 1. The highest BCUT2D eigenvalue weighted by atomic mass is 35.5. The molecule has 0 fully saturated rings. The van der Waals surface area contributed by atoms with Crippen molar-refractivity contribution in [3.8, 4) is 5.75 Å². The van der Waals surface area contributed by atoms with E-state index in [-0.39, 0.29) is 0 Å². The second-order valence-corrected chi connectivity index (χ2v) is 4.56. The Kier molecular flexibility index (Phi) is 5.64. The minimum Gasteiger partial charge on any atom is -0.495 e. The summed E-state index contributed by atoms with van der Waals surface area (Å²) in [5.41, 5.74) is 0.475. The van der Waals surface area contributed by atoms with Gasteiger partial charge in [0.1, 0.15) is 11.8 Å². The first-order chi connectivity index (χ1) is 9.40. The number of nitrogens with zero attached hydrogens (tertiary/aromatic N) is 1. The molecule has 1 unspecified atom stereocenters. The van der Waals surface area contributed by atoms with Crippen LogP contribution in [-0.2, 0) is 4.79 Å². The highest BCUT2D eigenvalue weighted by Gasteiger charge is 2.24. The molecule has 0 saturated heterocycles. The quantitative estimate of drug-likeness (QED) is 0.876. The minimum atomic E-state index is -1.04. The molecule has 0 heterocycles. The van der Waals surface area contributed by atoms with Crippen molar-refractivity contribution < 1.29 is 19.4 Å². The van der Waals surface area contributed by atoms with Gasteiger partial charge in [0.25, 0.3) is 0 Å². The van der Waals surface area contributed by atoms with Gasteiger partial charge in [0.2, 0.25) is 0 Å². The number of ether oxygens (including phenoxy) is 1. The number of halogens is 1. The van der Waals surface area contributed by atoms with Crippen LogP contribution in [0.2, 0.25) is 5.02 Å². The summed E-state index contributed by atoms with van der Waals surface area (Å²) >= 11 is 5.88. The zero-order valence-electron chi connectivity index (χ0n) is 11.5. The van der Waals surface area contributed by atoms with Crippen molar-refractivity contribution >= 4 is 29.3 Å². The van der Waals surface area contributed by atoms with E-state index in [0.717, 1.165) is 4.90 Å². The number of carbonyl (C=O) groups is 2. The van der Waals surface area contributed by atoms with Crippen molar-refractivity contribution in [2.45, 2.75) is 19.4 Å². The molecule has 1 aromatic carbocycles. The van der Waals surface area contributed by atoms with Gasteiger partial charge in [-0.15, -0.1) is 0 Å². The van der Waals surface area contributed by atoms with Crippen LogP contribution < -0.4 is 10.1 Å². The Balaban J connectivity index is 2.82. The van der Waals surface area contributed by atoms with Crippen LogP contribution in [0, 0.1) is 0 Å². The molecule has 2 N–H and O–H groups in total. The number of aliphatic carboxylic acids is 1. The molecule has 7 heteroatoms. The van der Waals surface area contributed by atoms with Gasteiger partial charge in [-0.2, -0.15) is 0 Å². The molecule has 0 bridgehead atoms. The molecule has 20 heavy (non-hydrogen) atoms. The van der Waals surface area contributed by atoms with E-state index in [4.69, 9.17) is 21.4 Å². The number of hydrogen-bond donors (Lipinski definition) is 2. The maximum atomic E-state index is 12.0. The van der Waals surface area contributed by atoms with Gasteiger partial charge >= 0.3 is 12.0 Å². The van der Waals surface area contributed by atoms with Crippen LogP contribution in [0.3, 0.4) is 0 Å². The number of carboxylic acids is 1. The summed E-state index contributed by atoms with van der Waals surface area (Å²) in [6, 6.07) is 3.38. The number of methoxy groups -OCH3 is 1. The molecule has 0 saturated carbocycles. The lowest BCUT2D eigenvalue weighted by Crippen LogP contribution is -2.44. The van der Waals surface area contributed by atoms with Gasteiger partial charge in [-0.25, -0.2) is 9.59 Å². The number of benzene rings is 1. The predicted molar refractivity (Wildman–Crippen MR) is 76.5 cm³/mol. The maximum absolute atomic E-state index is 12.0. The molecule has 0 aliphatic rings. The van der Waals surface area contributed by atoms with Gasteiger partial charge in [-0.05, 0) is 18.6 Å². The fraction of sp³-hybridized carbons (Fsp3) is 0.385. The molecular formula is C13H17ClN2O4. The average molecular weight is 301 g/mol. The summed E-state index contributed by atoms with van der Waals surface area (Å²) in [6.45, 7) is 1.70. The molecule has 0 aliphatic heterocycles. The fourth-order valence-corrected chi connectivity index (χ4v) is 1.90. The average Bonchev–Trinajstić information content (AvgIpc) is 2.41. The Morgan fingerprint density at radius 3 is 2.65 bits per heavy atom. The molecule has 0 aliphatic carbocycles. The molecule has 2 amide bonds. The molecule has 6 nitrogen and oxygen atoms in total. The monoisotopic (exact) mass is 300 g/mol. The lowest BCUT2D eigenvalue weighted by molar-refractivity contribution is -0.141. The van der Waals surface area contributed by atoms with Gasteiger partial charge in [0.05, 0.1) is 12.1 Å². The molecule has 1 atom stereocenters. The van der Waals surface area contributed by atoms with Crippen LogP contribution in [-0.4, -0.2) is 42.2 Å². The standard InChI is InChI=1S/C13H17ClN2O4/c1-4-10(12(17)18)16(2)13(19)15-8-5-6-9(14)11(7-8)20-3/h5-7,10H,4H2,1-3H3,(H,15,19)(H,17,18). The zero-order valence-corrected chi connectivity index (χ0v) is 12.3. The van der Waals surface area contributed by atoms with E-state index < -0.39 is 18.0 Å². The summed E-state index contributed by atoms with van der Waals surface area (Å²) < 4.78 is 5.04. The Morgan fingerprint density at radius 2 is 2.15 bits per heavy atom. The van der Waals surface area contributed by atoms with Crippen molar-refractivity contribution in [2.75, 3.05) is 19.5 Å². The van der Waals surface area contributed by atoms with Crippen molar-refractivity contribution in [2.24, 2.45) is 0 Å². The largest absolute Gasteiger partial charge is 0.495 e. The van der Waals surface area contributed by atoms with Crippen LogP contribution in [0.5, 0.6) is 5.75 Å². The third kappa shape index (κ3) is 3.77. The second-order valence-electron chi connectivity index (χ2n) is 4.15. The third-order valence-electron chi connectivity index (χ3n) is 2.86. The van der Waals surface area contributed by atoms with Crippen LogP contribution in [0.4, 0.5) is 10.5 Å². The normalized spacial score (nSPS) is 11.6. The lowest BCUT2D eigenvalue weighted by atomic mass is 10.2. The molecule has 110 valence electrons. The maximum Gasteiger partial charge on any atom is 0.326 e. The highest BCUT2D eigenvalue weighted by Crippen LogP contribution is 2.27. The molecular weight excluding hydrogens is 284 g/mol. The van der Waals surface area contributed by atoms with E-state index in [0.29, 0.717) is 22.9 Å². The number of amides is 2. The first-order valence-corrected chi connectivity index (χ1v) is 6.38. The van der Waals surface area contributed by atoms with Crippen LogP contribution in [0.1, 0.15) is 13.3 Å². The molecule has 0 spiro atoms. The minimum absolute atomic E-state index is 0.323. The smallest absolute Gasteiger partial charge is 0.326 e. The second kappa shape index (κ2) is 7.00. The van der Waals surface area contributed by atoms with Crippen molar-refractivity contribution in [1.82, 2.24) is 4.90 Å². The first kappa shape index (κ1) is 16.1. The van der Waals surface area contributed by atoms with Crippen molar-refractivity contribution in [1.29, 1.82) is 0 Å². The molecule has 1 aromatic rings. The van der Waals surface area contributed by atoms with E-state index in [1.165, 1.54) is 14.2 Å². The summed E-state index contributed by atoms with van der Waals surface area (Å²) in [5, 5.41) is 12.0. The Hall–Kier alpha value is -1.95. The first-order valence-electron chi connectivity index (χ1n) is 6.00. The van der Waals surface area contributed by atoms with Gasteiger partial charge < -0.3 is 20.1 Å². The molecule has 0 aromatic heterocycles. The van der Waals surface area contributed by atoms with E-state index in [2.05, 4.69) is 5.32 Å². The number of urea groups is 1. The van der Waals surface area contributed by atoms with Gasteiger partial charge in [0, 0.05) is 18.8 Å². The Morgan fingerprint density at radius 1 is 1.50 bits per heavy atom. The summed E-state index contributed by atoms with van der Waals surface area (Å²) in [4.78, 5) is 24.1. The highest BCUT2D eigenvalue weighted by molar-refractivity contribution is 6.32. The number of likely N-dealkylation sites (N-methyl/N-ethyl adjacent to an activating group) is 1. The number of hydrogen-bond acceptors (Lipinski definition) is 3. The van der Waals surface area contributed by atoms with E-state index >= 15 is 0 Å². The lowest BCUT2D eigenvalue weighted by Gasteiger charge is -2.24. The summed E-state index contributed by atoms with van der Waals surface area (Å²) in [5.74, 6) is -0.615. The molecule has 1 rings (SSSR count). The van der Waals surface area contributed by atoms with E-state index in [1.54, 1.807) is 25.1 Å². The number of carbonyl (C=O) groups excluding carboxylic acids is 1. The van der Waals surface area contributed by atoms with Crippen molar-refractivity contribution in [3.05, 3.63) is 23.2 Å². The number of rotatable bonds is 5. The van der Waals surface area contributed by atoms with E-state index in [1.807, 2.05) is 0 Å². The predicted octanol–water partition coefficient (Wildman–Crippen LogP) is 2.68. The van der Waals surface area contributed by atoms with E-state index in [9.17, 15) is 9.59 Å². The summed E-state index contributed by atoms with van der Waals surface area (Å²) in [6.07, 6.45) is 0.323. The van der Waals surface area contributed by atoms with Crippen LogP contribution in [0.15, 0.2) is 18.2 Å². The Labute approximate surface area is 122 Å². The Bertz CT molecular complexity index is 507. The fourth-order valence-electron chi connectivity index (χ4n) is 1.70. The SMILES string of the molecule is CCC(C(=O)O)N(C)C(=O)Nc1ccc(Cl)c(OC)c1. The number of nitrogens with one attached hydrogen (secondary N) is 1. The number of anilines is 1. The van der Waals surface area contributed by atoms with Crippen molar-refractivity contribution in [3.63, 3.8) is 0 Å². The van der Waals surface area contributed by atoms with Gasteiger partial charge in [-0.1, -0.05) is 18.5 Å². The topological polar surface area (TPSA) is 78.9 Å². The third-order valence-corrected chi connectivity index (χ3v) is 3.17. The van der Waals surface area contributed by atoms with Crippen LogP contribution in [0.25, 0.3) is 0 Å². The molecule has 0 radical (unpaired) electrons. The summed E-state index contributed by atoms with van der Waals surface area (Å²) in [7, 11) is 2.90. The zero-order chi connectivity index (χ0) is 15.3. The van der Waals surface area contributed by atoms with Crippen LogP contribution >= 0.6 is 11.6 Å². The van der Waals surface area contributed by atoms with Gasteiger partial charge in [-0.3, -0.25) is 0 Å². The van der Waals surface area contributed by atoms with Gasteiger partial charge in [0.15, 0.2) is 0 Å².